The largest absolute Gasteiger partial charge is 0.273 e. The van der Waals surface area contributed by atoms with Gasteiger partial charge in [-0.3, -0.25) is 5.32 Å². The lowest BCUT2D eigenvalue weighted by molar-refractivity contribution is -0.361. The van der Waals surface area contributed by atoms with Gasteiger partial charge < -0.3 is 0 Å². The molecule has 0 aliphatic heterocycles. The second-order valence-corrected chi connectivity index (χ2v) is 2.55. The highest BCUT2D eigenvalue weighted by molar-refractivity contribution is 5.25. The van der Waals surface area contributed by atoms with E-state index in [1.165, 1.54) is 6.33 Å². The lowest BCUT2D eigenvalue weighted by atomic mass is 10.5. The summed E-state index contributed by atoms with van der Waals surface area (Å²) in [5, 5.41) is 7.11. The second kappa shape index (κ2) is 3.66. The van der Waals surface area contributed by atoms with Crippen molar-refractivity contribution in [3.63, 3.8) is 0 Å². The Morgan fingerprint density at radius 2 is 2.46 bits per heavy atom. The zero-order valence-electron chi connectivity index (χ0n) is 7.01. The molecule has 0 spiro atoms. The number of aromatic nitrogens is 4. The monoisotopic (exact) mass is 176 g/mol. The predicted molar refractivity (Wildman–Crippen MR) is 46.6 cm³/mol. The first kappa shape index (κ1) is 7.72. The first-order chi connectivity index (χ1) is 6.45. The highest BCUT2D eigenvalue weighted by Gasteiger charge is 1.97. The van der Waals surface area contributed by atoms with Crippen molar-refractivity contribution in [2.75, 3.05) is 5.32 Å². The molecule has 0 amide bonds. The van der Waals surface area contributed by atoms with E-state index in [1.54, 1.807) is 11.0 Å². The van der Waals surface area contributed by atoms with Gasteiger partial charge >= 0.3 is 0 Å². The predicted octanol–water partition coefficient (Wildman–Crippen LogP) is 0.162. The number of anilines is 1. The number of H-pyrrole nitrogens is 1. The molecule has 0 aliphatic rings. The van der Waals surface area contributed by atoms with Gasteiger partial charge in [0.05, 0.1) is 6.20 Å². The average Bonchev–Trinajstić information content (AvgIpc) is 2.69. The van der Waals surface area contributed by atoms with Gasteiger partial charge in [0.15, 0.2) is 6.67 Å². The van der Waals surface area contributed by atoms with Crippen molar-refractivity contribution in [2.24, 2.45) is 0 Å². The maximum Gasteiger partial charge on any atom is 0.273 e. The molecular weight excluding hydrogens is 166 g/mol. The summed E-state index contributed by atoms with van der Waals surface area (Å²) in [5.41, 5.74) is 0. The van der Waals surface area contributed by atoms with Crippen LogP contribution in [0.15, 0.2) is 37.1 Å². The van der Waals surface area contributed by atoms with Crippen molar-refractivity contribution in [2.45, 2.75) is 6.67 Å². The number of hydrogen-bond donors (Lipinski definition) is 1. The minimum absolute atomic E-state index is 0.612. The van der Waals surface area contributed by atoms with Crippen LogP contribution in [-0.2, 0) is 6.67 Å². The van der Waals surface area contributed by atoms with E-state index in [1.807, 2.05) is 24.4 Å². The van der Waals surface area contributed by atoms with E-state index in [0.717, 1.165) is 5.82 Å². The van der Waals surface area contributed by atoms with Gasteiger partial charge in [-0.05, 0) is 6.07 Å². The van der Waals surface area contributed by atoms with E-state index in [4.69, 9.17) is 0 Å². The maximum atomic E-state index is 3.96. The Balaban J connectivity index is 1.94. The molecule has 0 atom stereocenters. The summed E-state index contributed by atoms with van der Waals surface area (Å²) < 4.78 is 1.71. The summed E-state index contributed by atoms with van der Waals surface area (Å²) in [6.07, 6.45) is 5.04. The molecule has 0 radical (unpaired) electrons. The minimum atomic E-state index is 0.612. The van der Waals surface area contributed by atoms with E-state index in [0.29, 0.717) is 6.67 Å². The van der Waals surface area contributed by atoms with Gasteiger partial charge in [0.25, 0.3) is 5.82 Å². The van der Waals surface area contributed by atoms with Crippen LogP contribution in [0.1, 0.15) is 0 Å². The fourth-order valence-corrected chi connectivity index (χ4v) is 0.984. The molecule has 0 unspecified atom stereocenters. The van der Waals surface area contributed by atoms with Gasteiger partial charge in [-0.1, -0.05) is 6.07 Å². The number of rotatable bonds is 3. The topological polar surface area (TPSA) is 56.9 Å². The van der Waals surface area contributed by atoms with Crippen LogP contribution in [0, 0.1) is 0 Å². The molecule has 66 valence electrons. The van der Waals surface area contributed by atoms with Crippen molar-refractivity contribution in [1.82, 2.24) is 14.8 Å². The summed E-state index contributed by atoms with van der Waals surface area (Å²) in [6, 6.07) is 5.84. The normalized spacial score (nSPS) is 9.85. The third-order valence-electron chi connectivity index (χ3n) is 1.61. The Labute approximate surface area is 75.4 Å². The van der Waals surface area contributed by atoms with E-state index < -0.39 is 0 Å². The number of aromatic amines is 1. The Kier molecular flexibility index (Phi) is 2.18. The van der Waals surface area contributed by atoms with Crippen LogP contribution in [-0.4, -0.2) is 14.8 Å². The van der Waals surface area contributed by atoms with E-state index in [2.05, 4.69) is 20.4 Å². The zero-order valence-corrected chi connectivity index (χ0v) is 7.01. The molecule has 0 aromatic carbocycles. The lowest BCUT2D eigenvalue weighted by Crippen LogP contribution is -2.15. The third-order valence-corrected chi connectivity index (χ3v) is 1.61. The van der Waals surface area contributed by atoms with Gasteiger partial charge in [0, 0.05) is 6.07 Å². The van der Waals surface area contributed by atoms with E-state index in [-0.39, 0.29) is 0 Å². The summed E-state index contributed by atoms with van der Waals surface area (Å²) in [4.78, 5) is 6.89. The molecule has 2 rings (SSSR count). The van der Waals surface area contributed by atoms with Crippen LogP contribution < -0.4 is 10.3 Å². The summed E-state index contributed by atoms with van der Waals surface area (Å²) in [6.45, 7) is 0.612. The number of nitrogens with one attached hydrogen (secondary N) is 2. The fraction of sp³-hybridized carbons (Fsp3) is 0.125. The first-order valence-corrected chi connectivity index (χ1v) is 3.98. The Morgan fingerprint density at radius 3 is 3.15 bits per heavy atom. The number of nitrogens with zero attached hydrogens (tertiary/aromatic N) is 3. The molecule has 0 fully saturated rings. The number of hydrogen-bond acceptors (Lipinski definition) is 3. The smallest absolute Gasteiger partial charge is 0.254 e. The van der Waals surface area contributed by atoms with Crippen molar-refractivity contribution in [3.8, 4) is 0 Å². The van der Waals surface area contributed by atoms with Crippen LogP contribution in [0.25, 0.3) is 0 Å². The molecule has 0 saturated carbocycles. The van der Waals surface area contributed by atoms with Crippen molar-refractivity contribution < 1.29 is 4.98 Å². The number of pyridine rings is 1. The van der Waals surface area contributed by atoms with Gasteiger partial charge in [-0.15, -0.1) is 0 Å². The third kappa shape index (κ3) is 2.02. The molecule has 0 bridgehead atoms. The molecular formula is C8H10N5+. The maximum absolute atomic E-state index is 3.96. The van der Waals surface area contributed by atoms with Gasteiger partial charge in [0.1, 0.15) is 12.7 Å². The highest BCUT2D eigenvalue weighted by atomic mass is 15.4. The standard InChI is InChI=1S/C8H9N5/c1-2-4-10-8(3-1)11-7-13-6-9-5-12-13/h1-6H,7H2,(H,10,11)/p+1. The molecule has 0 saturated heterocycles. The van der Waals surface area contributed by atoms with Gasteiger partial charge in [0.2, 0.25) is 0 Å². The van der Waals surface area contributed by atoms with Crippen molar-refractivity contribution in [3.05, 3.63) is 37.1 Å². The molecule has 0 aliphatic carbocycles. The molecule has 2 aromatic rings. The van der Waals surface area contributed by atoms with E-state index in [9.17, 15) is 0 Å². The van der Waals surface area contributed by atoms with Crippen LogP contribution in [0.3, 0.4) is 0 Å². The molecule has 5 heteroatoms. The van der Waals surface area contributed by atoms with Crippen molar-refractivity contribution >= 4 is 5.82 Å². The molecule has 2 heterocycles. The highest BCUT2D eigenvalue weighted by Crippen LogP contribution is 1.94. The minimum Gasteiger partial charge on any atom is -0.254 e. The van der Waals surface area contributed by atoms with Crippen LogP contribution in [0.5, 0.6) is 0 Å². The van der Waals surface area contributed by atoms with Gasteiger partial charge in [-0.2, -0.15) is 5.10 Å². The molecule has 2 N–H and O–H groups in total. The average molecular weight is 176 g/mol. The quantitative estimate of drug-likeness (QED) is 0.724. The molecule has 2 aromatic heterocycles. The summed E-state index contributed by atoms with van der Waals surface area (Å²) in [5.74, 6) is 0.956. The van der Waals surface area contributed by atoms with E-state index >= 15 is 0 Å². The molecule has 13 heavy (non-hydrogen) atoms. The SMILES string of the molecule is c1ccc(NCn2cncn2)[nH+]c1. The van der Waals surface area contributed by atoms with Crippen LogP contribution >= 0.6 is 0 Å². The fourth-order valence-electron chi connectivity index (χ4n) is 0.984. The van der Waals surface area contributed by atoms with Crippen LogP contribution in [0.4, 0.5) is 5.82 Å². The zero-order chi connectivity index (χ0) is 8.93. The lowest BCUT2D eigenvalue weighted by Gasteiger charge is -1.96. The summed E-state index contributed by atoms with van der Waals surface area (Å²) in [7, 11) is 0. The Hall–Kier alpha value is -1.91. The first-order valence-electron chi connectivity index (χ1n) is 3.98. The molecule has 5 nitrogen and oxygen atoms in total. The Morgan fingerprint density at radius 1 is 1.46 bits per heavy atom. The second-order valence-electron chi connectivity index (χ2n) is 2.55. The van der Waals surface area contributed by atoms with Crippen molar-refractivity contribution in [1.29, 1.82) is 0 Å². The van der Waals surface area contributed by atoms with Gasteiger partial charge in [-0.25, -0.2) is 14.6 Å². The van der Waals surface area contributed by atoms with Crippen LogP contribution in [0.2, 0.25) is 0 Å². The summed E-state index contributed by atoms with van der Waals surface area (Å²) >= 11 is 0. The Bertz CT molecular complexity index is 342.